The van der Waals surface area contributed by atoms with E-state index in [9.17, 15) is 9.59 Å². The van der Waals surface area contributed by atoms with Crippen LogP contribution in [0.3, 0.4) is 0 Å². The summed E-state index contributed by atoms with van der Waals surface area (Å²) in [5.74, 6) is 0.625. The van der Waals surface area contributed by atoms with Crippen LogP contribution in [-0.2, 0) is 26.3 Å². The van der Waals surface area contributed by atoms with E-state index < -0.39 is 5.41 Å². The number of esters is 1. The van der Waals surface area contributed by atoms with Crippen LogP contribution in [0.1, 0.15) is 49.2 Å². The van der Waals surface area contributed by atoms with E-state index in [1.165, 1.54) is 6.92 Å². The molecule has 1 aliphatic rings. The van der Waals surface area contributed by atoms with E-state index in [1.807, 2.05) is 66.9 Å². The largest absolute Gasteiger partial charge is 0.462 e. The summed E-state index contributed by atoms with van der Waals surface area (Å²) in [6.45, 7) is 4.47. The Morgan fingerprint density at radius 1 is 1.06 bits per heavy atom. The molecule has 1 aliphatic carbocycles. The number of imidazole rings is 1. The molecule has 6 nitrogen and oxygen atoms in total. The average Bonchev–Trinajstić information content (AvgIpc) is 3.43. The van der Waals surface area contributed by atoms with E-state index in [0.717, 1.165) is 36.2 Å². The van der Waals surface area contributed by atoms with Crippen molar-refractivity contribution in [3.63, 3.8) is 0 Å². The minimum Gasteiger partial charge on any atom is -0.462 e. The van der Waals surface area contributed by atoms with Crippen LogP contribution in [0.5, 0.6) is 0 Å². The molecule has 3 aromatic rings. The molecule has 1 amide bonds. The van der Waals surface area contributed by atoms with Gasteiger partial charge in [0.15, 0.2) is 0 Å². The van der Waals surface area contributed by atoms with Gasteiger partial charge in [-0.2, -0.15) is 0 Å². The number of primary amides is 1. The van der Waals surface area contributed by atoms with Gasteiger partial charge in [-0.1, -0.05) is 60.7 Å². The summed E-state index contributed by atoms with van der Waals surface area (Å²) in [6.07, 6.45) is 6.85. The number of rotatable bonds is 8. The van der Waals surface area contributed by atoms with Crippen molar-refractivity contribution in [2.24, 2.45) is 11.7 Å². The molecule has 1 aromatic heterocycles. The maximum atomic E-state index is 13.3. The first-order valence-electron chi connectivity index (χ1n) is 11.6. The molecule has 0 radical (unpaired) electrons. The van der Waals surface area contributed by atoms with E-state index in [1.54, 1.807) is 0 Å². The highest BCUT2D eigenvalue weighted by atomic mass is 16.5. The molecule has 0 saturated heterocycles. The number of hydrogen-bond acceptors (Lipinski definition) is 3. The first kappa shape index (κ1) is 22.8. The molecule has 1 heterocycles. The standard InChI is InChI=1S/C27H31N3O3/c1-20-29(17-18-33-21(2)31)15-16-30(20)25-14-13-24(19-25)27(26(28)32,22-9-5-3-6-10-22)23-11-7-4-8-12-23/h3-12,15-16,24-25H,13-14,17-19H2,1-2H3,(H-,28,32)/p+1/t24-,25+/m0/s1. The number of carbonyl (C=O) groups is 2. The SMILES string of the molecule is CC(=O)OCC[n+]1ccn([C@@H]2CC[C@H](C(C(N)=O)(c3ccccc3)c3ccccc3)C2)c1C. The summed E-state index contributed by atoms with van der Waals surface area (Å²) in [4.78, 5) is 24.3. The predicted molar refractivity (Wildman–Crippen MR) is 125 cm³/mol. The number of nitrogens with two attached hydrogens (primary N) is 1. The Bertz CT molecular complexity index is 1070. The van der Waals surface area contributed by atoms with Gasteiger partial charge in [0.2, 0.25) is 5.91 Å². The van der Waals surface area contributed by atoms with Gasteiger partial charge in [0, 0.05) is 13.8 Å². The summed E-state index contributed by atoms with van der Waals surface area (Å²) in [5, 5.41) is 0. The van der Waals surface area contributed by atoms with E-state index >= 15 is 0 Å². The van der Waals surface area contributed by atoms with Gasteiger partial charge in [0.1, 0.15) is 37.0 Å². The molecular formula is C27H32N3O3+. The zero-order valence-electron chi connectivity index (χ0n) is 19.3. The Kier molecular flexibility index (Phi) is 6.63. The lowest BCUT2D eigenvalue weighted by atomic mass is 9.64. The van der Waals surface area contributed by atoms with Gasteiger partial charge < -0.3 is 10.5 Å². The van der Waals surface area contributed by atoms with Gasteiger partial charge in [-0.15, -0.1) is 0 Å². The summed E-state index contributed by atoms with van der Waals surface area (Å²) in [5.41, 5.74) is 7.26. The summed E-state index contributed by atoms with van der Waals surface area (Å²) >= 11 is 0. The van der Waals surface area contributed by atoms with Crippen molar-refractivity contribution in [3.05, 3.63) is 90.0 Å². The number of aromatic nitrogens is 2. The fraction of sp³-hybridized carbons (Fsp3) is 0.370. The van der Waals surface area contributed by atoms with Crippen molar-refractivity contribution in [2.75, 3.05) is 6.61 Å². The zero-order valence-corrected chi connectivity index (χ0v) is 19.3. The van der Waals surface area contributed by atoms with Crippen molar-refractivity contribution in [3.8, 4) is 0 Å². The van der Waals surface area contributed by atoms with Gasteiger partial charge in [0.25, 0.3) is 5.82 Å². The number of amides is 1. The Balaban J connectivity index is 1.65. The molecule has 2 atom stereocenters. The van der Waals surface area contributed by atoms with Gasteiger partial charge in [0.05, 0.1) is 0 Å². The average molecular weight is 447 g/mol. The summed E-state index contributed by atoms with van der Waals surface area (Å²) in [7, 11) is 0. The Morgan fingerprint density at radius 2 is 1.67 bits per heavy atom. The molecular weight excluding hydrogens is 414 g/mol. The molecule has 172 valence electrons. The monoisotopic (exact) mass is 446 g/mol. The Labute approximate surface area is 195 Å². The van der Waals surface area contributed by atoms with E-state index in [4.69, 9.17) is 10.5 Å². The number of hydrogen-bond donors (Lipinski definition) is 1. The molecule has 0 unspecified atom stereocenters. The normalized spacial score (nSPS) is 18.2. The highest BCUT2D eigenvalue weighted by molar-refractivity contribution is 5.91. The van der Waals surface area contributed by atoms with Crippen LogP contribution in [0.4, 0.5) is 0 Å². The Hall–Kier alpha value is -3.41. The summed E-state index contributed by atoms with van der Waals surface area (Å²) < 4.78 is 9.49. The molecule has 2 aromatic carbocycles. The molecule has 4 rings (SSSR count). The topological polar surface area (TPSA) is 78.2 Å². The predicted octanol–water partition coefficient (Wildman–Crippen LogP) is 3.46. The second-order valence-corrected chi connectivity index (χ2v) is 8.85. The van der Waals surface area contributed by atoms with Crippen molar-refractivity contribution in [2.45, 2.75) is 51.1 Å². The molecule has 1 saturated carbocycles. The van der Waals surface area contributed by atoms with Crippen molar-refractivity contribution < 1.29 is 18.9 Å². The second-order valence-electron chi connectivity index (χ2n) is 8.85. The number of nitrogens with zero attached hydrogens (tertiary/aromatic N) is 2. The van der Waals surface area contributed by atoms with Crippen LogP contribution in [0.15, 0.2) is 73.1 Å². The minimum atomic E-state index is -0.871. The van der Waals surface area contributed by atoms with Gasteiger partial charge in [-0.3, -0.25) is 9.59 Å². The number of benzene rings is 2. The molecule has 33 heavy (non-hydrogen) atoms. The lowest BCUT2D eigenvalue weighted by Crippen LogP contribution is -2.47. The molecule has 0 aliphatic heterocycles. The fourth-order valence-corrected chi connectivity index (χ4v) is 5.56. The third kappa shape index (κ3) is 4.30. The highest BCUT2D eigenvalue weighted by Crippen LogP contribution is 2.49. The van der Waals surface area contributed by atoms with Crippen molar-refractivity contribution >= 4 is 11.9 Å². The van der Waals surface area contributed by atoms with Gasteiger partial charge in [-0.25, -0.2) is 9.13 Å². The smallest absolute Gasteiger partial charge is 0.302 e. The third-order valence-corrected chi connectivity index (χ3v) is 7.09. The van der Waals surface area contributed by atoms with Gasteiger partial charge in [-0.05, 0) is 36.3 Å². The quantitative estimate of drug-likeness (QED) is 0.425. The molecule has 6 heteroatoms. The lowest BCUT2D eigenvalue weighted by molar-refractivity contribution is -0.703. The van der Waals surface area contributed by atoms with Crippen LogP contribution in [0, 0.1) is 12.8 Å². The van der Waals surface area contributed by atoms with E-state index in [2.05, 4.69) is 22.3 Å². The van der Waals surface area contributed by atoms with Gasteiger partial charge >= 0.3 is 5.97 Å². The lowest BCUT2D eigenvalue weighted by Gasteiger charge is -2.37. The number of ether oxygens (including phenoxy) is 1. The molecule has 0 bridgehead atoms. The first-order chi connectivity index (χ1) is 15.9. The van der Waals surface area contributed by atoms with Crippen molar-refractivity contribution in [1.29, 1.82) is 0 Å². The van der Waals surface area contributed by atoms with Crippen LogP contribution in [0.2, 0.25) is 0 Å². The fourth-order valence-electron chi connectivity index (χ4n) is 5.56. The molecule has 1 fully saturated rings. The van der Waals surface area contributed by atoms with Crippen LogP contribution in [0.25, 0.3) is 0 Å². The Morgan fingerprint density at radius 3 is 2.21 bits per heavy atom. The zero-order chi connectivity index (χ0) is 23.4. The van der Waals surface area contributed by atoms with E-state index in [-0.39, 0.29) is 23.8 Å². The maximum absolute atomic E-state index is 13.3. The maximum Gasteiger partial charge on any atom is 0.302 e. The molecule has 0 spiro atoms. The number of carbonyl (C=O) groups excluding carboxylic acids is 2. The highest BCUT2D eigenvalue weighted by Gasteiger charge is 2.51. The van der Waals surface area contributed by atoms with Crippen LogP contribution >= 0.6 is 0 Å². The molecule has 2 N–H and O–H groups in total. The van der Waals surface area contributed by atoms with Crippen LogP contribution < -0.4 is 10.3 Å². The van der Waals surface area contributed by atoms with E-state index in [0.29, 0.717) is 13.2 Å². The summed E-state index contributed by atoms with van der Waals surface area (Å²) in [6, 6.07) is 20.2. The van der Waals surface area contributed by atoms with Crippen molar-refractivity contribution in [1.82, 2.24) is 4.57 Å². The van der Waals surface area contributed by atoms with Crippen LogP contribution in [-0.4, -0.2) is 23.1 Å². The minimum absolute atomic E-state index is 0.0843. The first-order valence-corrected chi connectivity index (χ1v) is 11.6. The third-order valence-electron chi connectivity index (χ3n) is 7.09. The second kappa shape index (κ2) is 9.61.